The average Bonchev–Trinajstić information content (AvgIpc) is 2.87. The summed E-state index contributed by atoms with van der Waals surface area (Å²) in [4.78, 5) is 13.9. The van der Waals surface area contributed by atoms with Gasteiger partial charge in [0.05, 0.1) is 6.04 Å². The third kappa shape index (κ3) is 3.53. The van der Waals surface area contributed by atoms with E-state index >= 15 is 0 Å². The van der Waals surface area contributed by atoms with Crippen LogP contribution in [0, 0.1) is 0 Å². The first kappa shape index (κ1) is 15.4. The maximum Gasteiger partial charge on any atom is 0.239 e. The van der Waals surface area contributed by atoms with Crippen LogP contribution in [-0.4, -0.2) is 35.9 Å². The lowest BCUT2D eigenvalue weighted by Gasteiger charge is -2.21. The van der Waals surface area contributed by atoms with Gasteiger partial charge in [-0.15, -0.1) is 11.3 Å². The highest BCUT2D eigenvalue weighted by Gasteiger charge is 2.18. The third-order valence-electron chi connectivity index (χ3n) is 3.30. The zero-order chi connectivity index (χ0) is 14.5. The number of hydrogen-bond donors (Lipinski definition) is 1. The fourth-order valence-electron chi connectivity index (χ4n) is 2.14. The molecule has 20 heavy (non-hydrogen) atoms. The number of fused-ring (bicyclic) bond motifs is 1. The average molecular weight is 308 g/mol. The number of nitrogens with zero attached hydrogens (tertiary/aromatic N) is 1. The van der Waals surface area contributed by atoms with Crippen molar-refractivity contribution in [2.24, 2.45) is 5.73 Å². The molecular weight excluding hydrogens is 288 g/mol. The highest BCUT2D eigenvalue weighted by atomic mass is 32.2. The Bertz CT molecular complexity index is 582. The van der Waals surface area contributed by atoms with Gasteiger partial charge in [-0.1, -0.05) is 18.2 Å². The predicted molar refractivity (Wildman–Crippen MR) is 89.3 cm³/mol. The highest BCUT2D eigenvalue weighted by molar-refractivity contribution is 7.98. The number of rotatable bonds is 6. The van der Waals surface area contributed by atoms with E-state index in [1.54, 1.807) is 28.0 Å². The molecule has 0 spiro atoms. The minimum Gasteiger partial charge on any atom is -0.340 e. The van der Waals surface area contributed by atoms with Crippen molar-refractivity contribution in [1.29, 1.82) is 0 Å². The molecule has 1 aromatic carbocycles. The molecule has 0 aliphatic carbocycles. The van der Waals surface area contributed by atoms with Crippen molar-refractivity contribution >= 4 is 39.1 Å². The van der Waals surface area contributed by atoms with Crippen LogP contribution in [0.25, 0.3) is 10.1 Å². The molecular formula is C15H20N2OS2. The van der Waals surface area contributed by atoms with Gasteiger partial charge in [0.2, 0.25) is 5.91 Å². The number of carbonyl (C=O) groups is 1. The van der Waals surface area contributed by atoms with Gasteiger partial charge in [0, 0.05) is 18.3 Å². The molecule has 0 fully saturated rings. The minimum atomic E-state index is -0.391. The second kappa shape index (κ2) is 7.11. The van der Waals surface area contributed by atoms with Gasteiger partial charge < -0.3 is 10.6 Å². The maximum atomic E-state index is 12.2. The van der Waals surface area contributed by atoms with Gasteiger partial charge in [-0.05, 0) is 40.8 Å². The summed E-state index contributed by atoms with van der Waals surface area (Å²) in [6, 6.07) is 7.89. The number of nitrogens with two attached hydrogens (primary N) is 1. The van der Waals surface area contributed by atoms with E-state index in [9.17, 15) is 4.79 Å². The number of amides is 1. The summed E-state index contributed by atoms with van der Waals surface area (Å²) in [5.74, 6) is 0.941. The molecule has 0 saturated carbocycles. The molecule has 0 bridgehead atoms. The van der Waals surface area contributed by atoms with Gasteiger partial charge in [0.1, 0.15) is 0 Å². The Balaban J connectivity index is 2.03. The van der Waals surface area contributed by atoms with Crippen molar-refractivity contribution in [3.05, 3.63) is 35.2 Å². The predicted octanol–water partition coefficient (Wildman–Crippen LogP) is 2.94. The Morgan fingerprint density at radius 2 is 2.20 bits per heavy atom. The summed E-state index contributed by atoms with van der Waals surface area (Å²) in [6.07, 6.45) is 2.76. The zero-order valence-corrected chi connectivity index (χ0v) is 13.5. The van der Waals surface area contributed by atoms with E-state index in [0.717, 1.165) is 12.2 Å². The van der Waals surface area contributed by atoms with Crippen molar-refractivity contribution in [2.75, 3.05) is 19.1 Å². The Morgan fingerprint density at radius 1 is 1.45 bits per heavy atom. The van der Waals surface area contributed by atoms with Gasteiger partial charge in [0.25, 0.3) is 0 Å². The molecule has 1 amide bonds. The molecule has 2 N–H and O–H groups in total. The lowest BCUT2D eigenvalue weighted by atomic mass is 10.1. The second-order valence-corrected chi connectivity index (χ2v) is 6.74. The first-order valence-electron chi connectivity index (χ1n) is 6.58. The molecule has 2 aromatic rings. The molecule has 0 aliphatic rings. The largest absolute Gasteiger partial charge is 0.340 e. The van der Waals surface area contributed by atoms with E-state index < -0.39 is 6.04 Å². The van der Waals surface area contributed by atoms with Crippen molar-refractivity contribution < 1.29 is 4.79 Å². The smallest absolute Gasteiger partial charge is 0.239 e. The summed E-state index contributed by atoms with van der Waals surface area (Å²) < 4.78 is 1.26. The first-order valence-corrected chi connectivity index (χ1v) is 8.85. The van der Waals surface area contributed by atoms with Gasteiger partial charge in [-0.2, -0.15) is 11.8 Å². The molecule has 1 atom stereocenters. The van der Waals surface area contributed by atoms with E-state index in [1.807, 2.05) is 25.4 Å². The Morgan fingerprint density at radius 3 is 2.95 bits per heavy atom. The third-order valence-corrected chi connectivity index (χ3v) is 4.95. The van der Waals surface area contributed by atoms with E-state index in [-0.39, 0.29) is 5.91 Å². The number of carbonyl (C=O) groups excluding carboxylic acids is 1. The van der Waals surface area contributed by atoms with Crippen LogP contribution in [0.15, 0.2) is 29.6 Å². The van der Waals surface area contributed by atoms with E-state index in [4.69, 9.17) is 5.73 Å². The van der Waals surface area contributed by atoms with Crippen LogP contribution in [0.1, 0.15) is 12.0 Å². The molecule has 108 valence electrons. The zero-order valence-electron chi connectivity index (χ0n) is 11.8. The fourth-order valence-corrected chi connectivity index (χ4v) is 3.58. The van der Waals surface area contributed by atoms with Crippen molar-refractivity contribution in [3.63, 3.8) is 0 Å². The number of likely N-dealkylation sites (N-methyl/N-ethyl adjacent to an activating group) is 1. The van der Waals surface area contributed by atoms with Crippen LogP contribution in [0.4, 0.5) is 0 Å². The molecule has 0 unspecified atom stereocenters. The summed E-state index contributed by atoms with van der Waals surface area (Å²) in [5, 5.41) is 3.36. The van der Waals surface area contributed by atoms with Crippen LogP contribution in [-0.2, 0) is 11.3 Å². The van der Waals surface area contributed by atoms with E-state index in [1.165, 1.54) is 15.6 Å². The summed E-state index contributed by atoms with van der Waals surface area (Å²) in [6.45, 7) is 0.621. The summed E-state index contributed by atoms with van der Waals surface area (Å²) >= 11 is 3.43. The fraction of sp³-hybridized carbons (Fsp3) is 0.400. The number of benzene rings is 1. The lowest BCUT2D eigenvalue weighted by molar-refractivity contribution is -0.131. The van der Waals surface area contributed by atoms with Gasteiger partial charge in [-0.3, -0.25) is 4.79 Å². The summed E-state index contributed by atoms with van der Waals surface area (Å²) in [5.41, 5.74) is 7.14. The van der Waals surface area contributed by atoms with Crippen LogP contribution in [0.2, 0.25) is 0 Å². The van der Waals surface area contributed by atoms with Crippen molar-refractivity contribution in [2.45, 2.75) is 19.0 Å². The molecule has 2 rings (SSSR count). The normalized spacial score (nSPS) is 12.6. The summed E-state index contributed by atoms with van der Waals surface area (Å²) in [7, 11) is 1.83. The molecule has 3 nitrogen and oxygen atoms in total. The number of thiophene rings is 1. The SMILES string of the molecule is CSCC[C@@H](N)C(=O)N(C)Cc1csc2ccccc12. The molecule has 5 heteroatoms. The standard InChI is InChI=1S/C15H20N2OS2/c1-17(15(18)13(16)7-8-19-2)9-11-10-20-14-6-4-3-5-12(11)14/h3-6,10,13H,7-9,16H2,1-2H3/t13-/m1/s1. The van der Waals surface area contributed by atoms with Crippen LogP contribution in [0.5, 0.6) is 0 Å². The van der Waals surface area contributed by atoms with Gasteiger partial charge in [0.15, 0.2) is 0 Å². The maximum absolute atomic E-state index is 12.2. The van der Waals surface area contributed by atoms with E-state index in [0.29, 0.717) is 6.54 Å². The Hall–Kier alpha value is -1.04. The first-order chi connectivity index (χ1) is 9.63. The molecule has 1 heterocycles. The van der Waals surface area contributed by atoms with Gasteiger partial charge in [-0.25, -0.2) is 0 Å². The molecule has 0 saturated heterocycles. The minimum absolute atomic E-state index is 0.0225. The molecule has 0 radical (unpaired) electrons. The number of hydrogen-bond acceptors (Lipinski definition) is 4. The highest BCUT2D eigenvalue weighted by Crippen LogP contribution is 2.26. The topological polar surface area (TPSA) is 46.3 Å². The van der Waals surface area contributed by atoms with Crippen molar-refractivity contribution in [3.8, 4) is 0 Å². The monoisotopic (exact) mass is 308 g/mol. The van der Waals surface area contributed by atoms with Crippen LogP contribution >= 0.6 is 23.1 Å². The molecule has 1 aromatic heterocycles. The quantitative estimate of drug-likeness (QED) is 0.892. The van der Waals surface area contributed by atoms with Crippen LogP contribution in [0.3, 0.4) is 0 Å². The number of thioether (sulfide) groups is 1. The Kier molecular flexibility index (Phi) is 5.46. The van der Waals surface area contributed by atoms with Crippen molar-refractivity contribution in [1.82, 2.24) is 4.90 Å². The second-order valence-electron chi connectivity index (χ2n) is 4.84. The van der Waals surface area contributed by atoms with Gasteiger partial charge >= 0.3 is 0 Å². The lowest BCUT2D eigenvalue weighted by Crippen LogP contribution is -2.41. The van der Waals surface area contributed by atoms with Crippen LogP contribution < -0.4 is 5.73 Å². The van der Waals surface area contributed by atoms with E-state index in [2.05, 4.69) is 17.5 Å². The Labute approximate surface area is 128 Å². The molecule has 0 aliphatic heterocycles.